The monoisotopic (exact) mass is 495 g/mol. The van der Waals surface area contributed by atoms with Gasteiger partial charge in [0.15, 0.2) is 6.73 Å². The number of methoxy groups -OCH3 is 1. The van der Waals surface area contributed by atoms with Gasteiger partial charge in [0.1, 0.15) is 5.75 Å². The molecule has 0 radical (unpaired) electrons. The van der Waals surface area contributed by atoms with Crippen molar-refractivity contribution in [1.29, 1.82) is 0 Å². The van der Waals surface area contributed by atoms with Gasteiger partial charge in [0.25, 0.3) is 0 Å². The molecule has 4 rings (SSSR count). The van der Waals surface area contributed by atoms with Gasteiger partial charge in [-0.25, -0.2) is 4.79 Å². The molecule has 2 aliphatic rings. The van der Waals surface area contributed by atoms with E-state index >= 15 is 0 Å². The predicted octanol–water partition coefficient (Wildman–Crippen LogP) is 4.30. The molecule has 8 heteroatoms. The Balaban J connectivity index is 1.20. The summed E-state index contributed by atoms with van der Waals surface area (Å²) in [4.78, 5) is 30.3. The summed E-state index contributed by atoms with van der Waals surface area (Å²) >= 11 is 0. The Morgan fingerprint density at radius 1 is 0.972 bits per heavy atom. The number of amides is 1. The number of rotatable bonds is 9. The van der Waals surface area contributed by atoms with E-state index in [4.69, 9.17) is 9.47 Å². The summed E-state index contributed by atoms with van der Waals surface area (Å²) in [6.45, 7) is 10.2. The molecule has 0 N–H and O–H groups in total. The molecular weight excluding hydrogens is 458 g/mol. The van der Waals surface area contributed by atoms with Crippen LogP contribution in [0.25, 0.3) is 0 Å². The Kier molecular flexibility index (Phi) is 8.70. The number of ether oxygens (including phenoxy) is 3. The van der Waals surface area contributed by atoms with E-state index in [1.54, 1.807) is 0 Å². The first kappa shape index (κ1) is 25.8. The van der Waals surface area contributed by atoms with Gasteiger partial charge in [0.2, 0.25) is 5.91 Å². The maximum atomic E-state index is 12.4. The third-order valence-corrected chi connectivity index (χ3v) is 7.16. The fourth-order valence-corrected chi connectivity index (χ4v) is 4.84. The Hall–Kier alpha value is -3.26. The Labute approximate surface area is 213 Å². The predicted molar refractivity (Wildman–Crippen MR) is 140 cm³/mol. The first-order chi connectivity index (χ1) is 17.5. The van der Waals surface area contributed by atoms with Crippen LogP contribution in [0.5, 0.6) is 5.75 Å². The molecule has 0 saturated carbocycles. The van der Waals surface area contributed by atoms with Crippen LogP contribution in [0.4, 0.5) is 16.2 Å². The molecule has 0 bridgehead atoms. The first-order valence-corrected chi connectivity index (χ1v) is 12.8. The quantitative estimate of drug-likeness (QED) is 0.379. The van der Waals surface area contributed by atoms with Gasteiger partial charge < -0.3 is 19.1 Å². The summed E-state index contributed by atoms with van der Waals surface area (Å²) in [6.07, 6.45) is 2.28. The van der Waals surface area contributed by atoms with E-state index in [2.05, 4.69) is 46.6 Å². The van der Waals surface area contributed by atoms with Crippen molar-refractivity contribution in [3.8, 4) is 5.75 Å². The van der Waals surface area contributed by atoms with Crippen molar-refractivity contribution >= 4 is 23.4 Å². The number of aryl methyl sites for hydroxylation is 2. The normalized spacial score (nSPS) is 16.0. The van der Waals surface area contributed by atoms with E-state index in [0.717, 1.165) is 56.8 Å². The van der Waals surface area contributed by atoms with E-state index in [0.29, 0.717) is 25.2 Å². The number of piperazine rings is 1. The summed E-state index contributed by atoms with van der Waals surface area (Å²) in [5.41, 5.74) is 5.87. The molecule has 0 aromatic heterocycles. The molecule has 2 aromatic rings. The molecule has 36 heavy (non-hydrogen) atoms. The second kappa shape index (κ2) is 12.1. The SMILES string of the molecule is COC(=O)OCN1C(=O)CCc2ccc(OCCCCN3CCN(c4cccc(C)c4C)CC3)cc21. The van der Waals surface area contributed by atoms with Crippen molar-refractivity contribution in [2.24, 2.45) is 0 Å². The fraction of sp³-hybridized carbons (Fsp3) is 0.500. The summed E-state index contributed by atoms with van der Waals surface area (Å²) in [5, 5.41) is 0. The minimum atomic E-state index is -0.811. The summed E-state index contributed by atoms with van der Waals surface area (Å²) in [5.74, 6) is 0.634. The molecule has 2 heterocycles. The lowest BCUT2D eigenvalue weighted by Gasteiger charge is -2.37. The van der Waals surface area contributed by atoms with Gasteiger partial charge in [0.05, 0.1) is 19.4 Å². The molecule has 194 valence electrons. The van der Waals surface area contributed by atoms with E-state index in [-0.39, 0.29) is 12.6 Å². The highest BCUT2D eigenvalue weighted by Gasteiger charge is 2.26. The second-order valence-corrected chi connectivity index (χ2v) is 9.44. The van der Waals surface area contributed by atoms with Gasteiger partial charge in [-0.05, 0) is 68.5 Å². The van der Waals surface area contributed by atoms with Crippen LogP contribution in [0.15, 0.2) is 36.4 Å². The molecule has 0 spiro atoms. The average Bonchev–Trinajstić information content (AvgIpc) is 2.89. The number of hydrogen-bond acceptors (Lipinski definition) is 7. The van der Waals surface area contributed by atoms with Gasteiger partial charge in [0, 0.05) is 44.4 Å². The fourth-order valence-electron chi connectivity index (χ4n) is 4.84. The number of hydrogen-bond donors (Lipinski definition) is 0. The van der Waals surface area contributed by atoms with Crippen LogP contribution in [0, 0.1) is 13.8 Å². The molecular formula is C28H37N3O5. The van der Waals surface area contributed by atoms with E-state index in [1.165, 1.54) is 28.8 Å². The smallest absolute Gasteiger partial charge is 0.494 e. The average molecular weight is 496 g/mol. The largest absolute Gasteiger partial charge is 0.509 e. The van der Waals surface area contributed by atoms with Crippen LogP contribution < -0.4 is 14.5 Å². The molecule has 1 amide bonds. The van der Waals surface area contributed by atoms with Gasteiger partial charge in [-0.1, -0.05) is 18.2 Å². The molecule has 2 aromatic carbocycles. The standard InChI is InChI=1S/C28H37N3O5/c1-21-7-6-8-25(22(21)2)30-16-14-29(15-17-30)13-4-5-18-35-24-11-9-23-10-12-27(32)31(26(23)19-24)20-36-28(33)34-3/h6-9,11,19H,4-5,10,12-18,20H2,1-3H3. The number of benzene rings is 2. The van der Waals surface area contributed by atoms with Crippen LogP contribution in [0.3, 0.4) is 0 Å². The van der Waals surface area contributed by atoms with Crippen LogP contribution in [-0.4, -0.2) is 70.1 Å². The molecule has 0 atom stereocenters. The van der Waals surface area contributed by atoms with E-state index in [1.807, 2.05) is 18.2 Å². The van der Waals surface area contributed by atoms with Gasteiger partial charge >= 0.3 is 6.16 Å². The molecule has 0 unspecified atom stereocenters. The highest BCUT2D eigenvalue weighted by molar-refractivity contribution is 5.96. The Bertz CT molecular complexity index is 1070. The number of carbonyl (C=O) groups is 2. The maximum Gasteiger partial charge on any atom is 0.509 e. The highest BCUT2D eigenvalue weighted by Crippen LogP contribution is 2.32. The summed E-state index contributed by atoms with van der Waals surface area (Å²) < 4.78 is 15.5. The molecule has 0 aliphatic carbocycles. The topological polar surface area (TPSA) is 71.5 Å². The third kappa shape index (κ3) is 6.29. The van der Waals surface area contributed by atoms with Gasteiger partial charge in [-0.15, -0.1) is 0 Å². The first-order valence-electron chi connectivity index (χ1n) is 12.8. The van der Waals surface area contributed by atoms with Crippen molar-refractivity contribution in [3.63, 3.8) is 0 Å². The van der Waals surface area contributed by atoms with Crippen LogP contribution in [0.1, 0.15) is 36.0 Å². The van der Waals surface area contributed by atoms with Crippen LogP contribution >= 0.6 is 0 Å². The van der Waals surface area contributed by atoms with Crippen molar-refractivity contribution in [3.05, 3.63) is 53.1 Å². The number of carbonyl (C=O) groups excluding carboxylic acids is 2. The molecule has 2 aliphatic heterocycles. The third-order valence-electron chi connectivity index (χ3n) is 7.16. The van der Waals surface area contributed by atoms with Gasteiger partial charge in [-0.3, -0.25) is 14.6 Å². The highest BCUT2D eigenvalue weighted by atomic mass is 16.7. The zero-order valence-electron chi connectivity index (χ0n) is 21.6. The lowest BCUT2D eigenvalue weighted by atomic mass is 10.0. The second-order valence-electron chi connectivity index (χ2n) is 9.44. The van der Waals surface area contributed by atoms with E-state index in [9.17, 15) is 9.59 Å². The molecule has 8 nitrogen and oxygen atoms in total. The van der Waals surface area contributed by atoms with Crippen molar-refractivity contribution in [2.45, 2.75) is 39.5 Å². The number of fused-ring (bicyclic) bond motifs is 1. The lowest BCUT2D eigenvalue weighted by Crippen LogP contribution is -2.46. The number of nitrogens with zero attached hydrogens (tertiary/aromatic N) is 3. The lowest BCUT2D eigenvalue weighted by molar-refractivity contribution is -0.119. The van der Waals surface area contributed by atoms with Crippen LogP contribution in [0.2, 0.25) is 0 Å². The van der Waals surface area contributed by atoms with Crippen molar-refractivity contribution in [2.75, 3.05) is 63.0 Å². The minimum absolute atomic E-state index is 0.0822. The summed E-state index contributed by atoms with van der Waals surface area (Å²) in [6, 6.07) is 12.4. The van der Waals surface area contributed by atoms with Crippen molar-refractivity contribution in [1.82, 2.24) is 4.90 Å². The Morgan fingerprint density at radius 2 is 1.78 bits per heavy atom. The molecule has 1 saturated heterocycles. The van der Waals surface area contributed by atoms with E-state index < -0.39 is 6.16 Å². The minimum Gasteiger partial charge on any atom is -0.494 e. The zero-order chi connectivity index (χ0) is 25.5. The maximum absolute atomic E-state index is 12.4. The Morgan fingerprint density at radius 3 is 2.56 bits per heavy atom. The van der Waals surface area contributed by atoms with Crippen LogP contribution in [-0.2, 0) is 20.7 Å². The molecule has 1 fully saturated rings. The van der Waals surface area contributed by atoms with Gasteiger partial charge in [-0.2, -0.15) is 0 Å². The number of unbranched alkanes of at least 4 members (excludes halogenated alkanes) is 1. The zero-order valence-corrected chi connectivity index (χ0v) is 21.6. The summed E-state index contributed by atoms with van der Waals surface area (Å²) in [7, 11) is 1.24. The number of anilines is 2. The van der Waals surface area contributed by atoms with Crippen molar-refractivity contribution < 1.29 is 23.8 Å².